The molecule has 0 aliphatic heterocycles. The Hall–Kier alpha value is -1.45. The van der Waals surface area contributed by atoms with Gasteiger partial charge in [-0.15, -0.1) is 11.3 Å². The fourth-order valence-corrected chi connectivity index (χ4v) is 3.54. The second-order valence-corrected chi connectivity index (χ2v) is 6.83. The lowest BCUT2D eigenvalue weighted by Gasteiger charge is -2.02. The van der Waals surface area contributed by atoms with Gasteiger partial charge in [-0.2, -0.15) is 0 Å². The van der Waals surface area contributed by atoms with E-state index in [9.17, 15) is 18.0 Å². The number of nitrogens with one attached hydrogen (secondary N) is 2. The molecule has 0 saturated heterocycles. The van der Waals surface area contributed by atoms with Gasteiger partial charge in [-0.25, -0.2) is 13.1 Å². The van der Waals surface area contributed by atoms with Crippen molar-refractivity contribution in [1.82, 2.24) is 10.0 Å². The van der Waals surface area contributed by atoms with Gasteiger partial charge in [0.25, 0.3) is 0 Å². The van der Waals surface area contributed by atoms with Crippen molar-refractivity contribution in [2.24, 2.45) is 0 Å². The third-order valence-corrected chi connectivity index (χ3v) is 5.08. The molecule has 9 heteroatoms. The molecule has 0 atom stereocenters. The topological polar surface area (TPSA) is 113 Å². The Kier molecular flexibility index (Phi) is 5.45. The summed E-state index contributed by atoms with van der Waals surface area (Å²) >= 11 is 1.03. The van der Waals surface area contributed by atoms with Crippen molar-refractivity contribution in [2.45, 2.75) is 24.1 Å². The molecule has 0 bridgehead atoms. The molecular formula is C10H14N2O5S2. The fraction of sp³-hybridized carbons (Fsp3) is 0.400. The van der Waals surface area contributed by atoms with Gasteiger partial charge in [-0.3, -0.25) is 9.59 Å². The molecule has 1 heterocycles. The lowest BCUT2D eigenvalue weighted by molar-refractivity contribution is -0.136. The fourth-order valence-electron chi connectivity index (χ4n) is 1.17. The molecule has 1 rings (SSSR count). The average Bonchev–Trinajstić information content (AvgIpc) is 2.74. The predicted octanol–water partition coefficient (Wildman–Crippen LogP) is 0.137. The minimum Gasteiger partial charge on any atom is -0.481 e. The minimum absolute atomic E-state index is 0.0956. The van der Waals surface area contributed by atoms with E-state index in [1.165, 1.54) is 13.0 Å². The summed E-state index contributed by atoms with van der Waals surface area (Å²) in [6.07, 6.45) is -0.274. The molecule has 0 fully saturated rings. The highest BCUT2D eigenvalue weighted by Gasteiger charge is 2.16. The Balaban J connectivity index is 2.63. The van der Waals surface area contributed by atoms with E-state index >= 15 is 0 Å². The molecule has 0 aliphatic rings. The highest BCUT2D eigenvalue weighted by Crippen LogP contribution is 2.21. The summed E-state index contributed by atoms with van der Waals surface area (Å²) in [6, 6.07) is 3.03. The summed E-state index contributed by atoms with van der Waals surface area (Å²) in [6.45, 7) is 1.49. The van der Waals surface area contributed by atoms with Crippen molar-refractivity contribution < 1.29 is 23.1 Å². The van der Waals surface area contributed by atoms with Crippen molar-refractivity contribution in [1.29, 1.82) is 0 Å². The van der Waals surface area contributed by atoms with Crippen molar-refractivity contribution in [2.75, 3.05) is 6.54 Å². The van der Waals surface area contributed by atoms with Gasteiger partial charge in [-0.1, -0.05) is 0 Å². The van der Waals surface area contributed by atoms with Gasteiger partial charge in [0.05, 0.1) is 13.0 Å². The second-order valence-electron chi connectivity index (χ2n) is 3.67. The summed E-state index contributed by atoms with van der Waals surface area (Å²) in [5.74, 6) is -1.27. The Morgan fingerprint density at radius 3 is 2.63 bits per heavy atom. The number of carboxylic acid groups (broad SMARTS) is 1. The maximum absolute atomic E-state index is 11.8. The van der Waals surface area contributed by atoms with Crippen molar-refractivity contribution >= 4 is 33.2 Å². The van der Waals surface area contributed by atoms with E-state index in [1.54, 1.807) is 6.07 Å². The van der Waals surface area contributed by atoms with Gasteiger partial charge in [0.1, 0.15) is 4.21 Å². The molecule has 106 valence electrons. The Labute approximate surface area is 114 Å². The molecule has 0 aromatic carbocycles. The zero-order valence-electron chi connectivity index (χ0n) is 10.2. The van der Waals surface area contributed by atoms with Crippen LogP contribution in [0.15, 0.2) is 16.3 Å². The number of thiophene rings is 1. The number of carbonyl (C=O) groups is 2. The minimum atomic E-state index is -3.68. The molecule has 0 saturated carbocycles. The molecule has 19 heavy (non-hydrogen) atoms. The first-order chi connectivity index (χ1) is 8.81. The number of rotatable bonds is 7. The summed E-state index contributed by atoms with van der Waals surface area (Å²) in [4.78, 5) is 21.7. The molecular weight excluding hydrogens is 292 g/mol. The van der Waals surface area contributed by atoms with Crippen LogP contribution in [0.3, 0.4) is 0 Å². The van der Waals surface area contributed by atoms with Crippen LogP contribution < -0.4 is 10.0 Å². The lowest BCUT2D eigenvalue weighted by Crippen LogP contribution is -2.25. The van der Waals surface area contributed by atoms with Crippen molar-refractivity contribution in [3.63, 3.8) is 0 Å². The number of carbonyl (C=O) groups excluding carboxylic acids is 1. The first-order valence-corrected chi connectivity index (χ1v) is 7.66. The summed E-state index contributed by atoms with van der Waals surface area (Å²) in [5.41, 5.74) is 0. The van der Waals surface area contributed by atoms with Crippen LogP contribution in [0, 0.1) is 0 Å². The zero-order valence-corrected chi connectivity index (χ0v) is 11.8. The highest BCUT2D eigenvalue weighted by molar-refractivity contribution is 7.91. The normalized spacial score (nSPS) is 11.2. The van der Waals surface area contributed by atoms with Gasteiger partial charge in [-0.05, 0) is 12.1 Å². The monoisotopic (exact) mass is 306 g/mol. The number of sulfonamides is 1. The molecule has 1 aromatic rings. The van der Waals surface area contributed by atoms with E-state index < -0.39 is 16.0 Å². The number of hydrogen-bond acceptors (Lipinski definition) is 5. The molecule has 0 spiro atoms. The van der Waals surface area contributed by atoms with Gasteiger partial charge in [0.15, 0.2) is 0 Å². The van der Waals surface area contributed by atoms with E-state index in [0.717, 1.165) is 11.3 Å². The number of aliphatic carboxylic acids is 1. The Morgan fingerprint density at radius 1 is 1.37 bits per heavy atom. The van der Waals surface area contributed by atoms with Crippen LogP contribution in [0.2, 0.25) is 0 Å². The highest BCUT2D eigenvalue weighted by atomic mass is 32.2. The average molecular weight is 306 g/mol. The SMILES string of the molecule is CC(=O)NCc1ccc(S(=O)(=O)NCCC(=O)O)s1. The summed E-state index contributed by atoms with van der Waals surface area (Å²) in [7, 11) is -3.68. The maximum atomic E-state index is 11.8. The van der Waals surface area contributed by atoms with Crippen LogP contribution in [0.4, 0.5) is 0 Å². The molecule has 0 unspecified atom stereocenters. The number of carboxylic acids is 1. The quantitative estimate of drug-likeness (QED) is 0.663. The van der Waals surface area contributed by atoms with Crippen molar-refractivity contribution in [3.8, 4) is 0 Å². The van der Waals surface area contributed by atoms with Crippen LogP contribution in [0.5, 0.6) is 0 Å². The van der Waals surface area contributed by atoms with E-state index in [4.69, 9.17) is 5.11 Å². The van der Waals surface area contributed by atoms with Gasteiger partial charge in [0.2, 0.25) is 15.9 Å². The first-order valence-electron chi connectivity index (χ1n) is 5.36. The molecule has 0 radical (unpaired) electrons. The maximum Gasteiger partial charge on any atom is 0.304 e. The third kappa shape index (κ3) is 5.37. The van der Waals surface area contributed by atoms with Gasteiger partial charge < -0.3 is 10.4 Å². The van der Waals surface area contributed by atoms with E-state index in [-0.39, 0.29) is 29.6 Å². The van der Waals surface area contributed by atoms with Gasteiger partial charge >= 0.3 is 5.97 Å². The third-order valence-electron chi connectivity index (χ3n) is 2.04. The number of amides is 1. The van der Waals surface area contributed by atoms with Crippen molar-refractivity contribution in [3.05, 3.63) is 17.0 Å². The Morgan fingerprint density at radius 2 is 2.05 bits per heavy atom. The van der Waals surface area contributed by atoms with Gasteiger partial charge in [0, 0.05) is 18.3 Å². The second kappa shape index (κ2) is 6.64. The smallest absolute Gasteiger partial charge is 0.304 e. The Bertz CT molecular complexity index is 564. The van der Waals surface area contributed by atoms with Crippen LogP contribution in [-0.2, 0) is 26.2 Å². The molecule has 7 nitrogen and oxygen atoms in total. The zero-order chi connectivity index (χ0) is 14.5. The number of hydrogen-bond donors (Lipinski definition) is 3. The van der Waals surface area contributed by atoms with Crippen LogP contribution >= 0.6 is 11.3 Å². The predicted molar refractivity (Wildman–Crippen MR) is 69.3 cm³/mol. The molecule has 1 aromatic heterocycles. The van der Waals surface area contributed by atoms with E-state index in [2.05, 4.69) is 10.0 Å². The van der Waals surface area contributed by atoms with Crippen LogP contribution in [0.1, 0.15) is 18.2 Å². The molecule has 0 aliphatic carbocycles. The summed E-state index contributed by atoms with van der Waals surface area (Å²) < 4.78 is 25.9. The van der Waals surface area contributed by atoms with Crippen LogP contribution in [0.25, 0.3) is 0 Å². The molecule has 3 N–H and O–H groups in total. The largest absolute Gasteiger partial charge is 0.481 e. The van der Waals surface area contributed by atoms with E-state index in [0.29, 0.717) is 4.88 Å². The summed E-state index contributed by atoms with van der Waals surface area (Å²) in [5, 5.41) is 11.0. The lowest BCUT2D eigenvalue weighted by atomic mass is 10.4. The molecule has 1 amide bonds. The first kappa shape index (κ1) is 15.6. The van der Waals surface area contributed by atoms with Crippen LogP contribution in [-0.4, -0.2) is 31.9 Å². The van der Waals surface area contributed by atoms with E-state index in [1.807, 2.05) is 0 Å². The standard InChI is InChI=1S/C10H14N2O5S2/c1-7(13)11-6-8-2-3-10(18-8)19(16,17)12-5-4-9(14)15/h2-3,12H,4-6H2,1H3,(H,11,13)(H,14,15).